The van der Waals surface area contributed by atoms with Crippen molar-refractivity contribution in [2.75, 3.05) is 0 Å². The van der Waals surface area contributed by atoms with E-state index in [4.69, 9.17) is 5.73 Å². The zero-order valence-corrected chi connectivity index (χ0v) is 5.70. The average Bonchev–Trinajstić information content (AvgIpc) is 1.16. The summed E-state index contributed by atoms with van der Waals surface area (Å²) in [5, 5.41) is 0. The fourth-order valence-corrected chi connectivity index (χ4v) is 1.13. The summed E-state index contributed by atoms with van der Waals surface area (Å²) < 4.78 is 0. The van der Waals surface area contributed by atoms with Crippen molar-refractivity contribution < 1.29 is 0 Å². The van der Waals surface area contributed by atoms with Gasteiger partial charge in [-0.1, -0.05) is 6.42 Å². The molecule has 0 spiro atoms. The molecule has 1 aliphatic carbocycles. The third-order valence-electron chi connectivity index (χ3n) is 2.13. The Morgan fingerprint density at radius 3 is 1.88 bits per heavy atom. The average molecular weight is 112 g/mol. The van der Waals surface area contributed by atoms with Gasteiger partial charge in [0, 0.05) is 5.54 Å². The summed E-state index contributed by atoms with van der Waals surface area (Å²) in [7, 11) is 0. The lowest BCUT2D eigenvalue weighted by atomic mass is 9.73. The number of nitrogens with one attached hydrogen (secondary N) is 1. The van der Waals surface area contributed by atoms with E-state index in [1.54, 1.807) is 0 Å². The Labute approximate surface area is 51.3 Å². The second kappa shape index (κ2) is 1.73. The van der Waals surface area contributed by atoms with Gasteiger partial charge in [-0.15, -0.1) is 0 Å². The van der Waals surface area contributed by atoms with Crippen LogP contribution >= 0.6 is 0 Å². The van der Waals surface area contributed by atoms with Gasteiger partial charge < -0.3 is 0 Å². The normalized spacial score (nSPS) is 22.9. The van der Waals surface area contributed by atoms with E-state index in [1.165, 1.54) is 19.3 Å². The first kappa shape index (κ1) is 6.09. The van der Waals surface area contributed by atoms with Crippen LogP contribution in [-0.4, -0.2) is 5.54 Å². The molecule has 47 valence electrons. The minimum Gasteiger partial charge on any atom is -0.251 e. The van der Waals surface area contributed by atoms with Crippen LogP contribution in [0.15, 0.2) is 0 Å². The first-order valence-corrected chi connectivity index (χ1v) is 3.36. The summed E-state index contributed by atoms with van der Waals surface area (Å²) in [6, 6.07) is 0. The Kier molecular flexibility index (Phi) is 1.31. The third kappa shape index (κ3) is 1.03. The molecule has 0 aromatic carbocycles. The van der Waals surface area contributed by atoms with E-state index in [9.17, 15) is 0 Å². The van der Waals surface area contributed by atoms with Crippen LogP contribution < -0.4 is 5.73 Å². The van der Waals surface area contributed by atoms with Crippen LogP contribution in [0.3, 0.4) is 0 Å². The summed E-state index contributed by atoms with van der Waals surface area (Å²) in [6.07, 6.45) is 3.93. The molecule has 0 atom stereocenters. The molecule has 0 bridgehead atoms. The van der Waals surface area contributed by atoms with E-state index < -0.39 is 0 Å². The first-order valence-electron chi connectivity index (χ1n) is 3.36. The summed E-state index contributed by atoms with van der Waals surface area (Å²) in [4.78, 5) is 0. The zero-order valence-electron chi connectivity index (χ0n) is 5.70. The topological polar surface area (TPSA) is 23.8 Å². The van der Waals surface area contributed by atoms with Crippen molar-refractivity contribution in [1.29, 1.82) is 0 Å². The predicted octanol–water partition coefficient (Wildman–Crippen LogP) is 1.85. The van der Waals surface area contributed by atoms with Gasteiger partial charge in [-0.2, -0.15) is 0 Å². The summed E-state index contributed by atoms with van der Waals surface area (Å²) >= 11 is 0. The molecule has 0 aliphatic heterocycles. The monoisotopic (exact) mass is 112 g/mol. The molecule has 0 saturated heterocycles. The van der Waals surface area contributed by atoms with Crippen LogP contribution in [0.5, 0.6) is 0 Å². The van der Waals surface area contributed by atoms with Gasteiger partial charge in [0.05, 0.1) is 0 Å². The van der Waals surface area contributed by atoms with Crippen molar-refractivity contribution in [2.24, 2.45) is 5.92 Å². The zero-order chi connectivity index (χ0) is 6.20. The molecule has 0 heterocycles. The van der Waals surface area contributed by atoms with Gasteiger partial charge in [0.15, 0.2) is 0 Å². The molecular formula is C7H14N. The molecule has 1 nitrogen and oxygen atoms in total. The Morgan fingerprint density at radius 2 is 1.88 bits per heavy atom. The van der Waals surface area contributed by atoms with E-state index in [0.29, 0.717) is 5.92 Å². The van der Waals surface area contributed by atoms with Crippen molar-refractivity contribution in [2.45, 2.75) is 38.6 Å². The molecule has 8 heavy (non-hydrogen) atoms. The van der Waals surface area contributed by atoms with Crippen LogP contribution in [0.2, 0.25) is 0 Å². The van der Waals surface area contributed by atoms with E-state index in [1.807, 2.05) is 13.8 Å². The highest BCUT2D eigenvalue weighted by molar-refractivity contribution is 4.86. The predicted molar refractivity (Wildman–Crippen MR) is 34.5 cm³/mol. The lowest BCUT2D eigenvalue weighted by Gasteiger charge is -2.36. The van der Waals surface area contributed by atoms with E-state index >= 15 is 0 Å². The van der Waals surface area contributed by atoms with Gasteiger partial charge >= 0.3 is 0 Å². The van der Waals surface area contributed by atoms with Crippen molar-refractivity contribution in [3.63, 3.8) is 0 Å². The Morgan fingerprint density at radius 1 is 1.38 bits per heavy atom. The largest absolute Gasteiger partial charge is 0.251 e. The van der Waals surface area contributed by atoms with Crippen molar-refractivity contribution in [1.82, 2.24) is 5.73 Å². The van der Waals surface area contributed by atoms with Crippen LogP contribution in [0, 0.1) is 5.92 Å². The molecule has 1 rings (SSSR count). The maximum absolute atomic E-state index is 7.59. The summed E-state index contributed by atoms with van der Waals surface area (Å²) in [5.74, 6) is 0.697. The minimum absolute atomic E-state index is 0.155. The maximum Gasteiger partial charge on any atom is 0.0295 e. The molecule has 1 saturated carbocycles. The van der Waals surface area contributed by atoms with Gasteiger partial charge in [0.25, 0.3) is 0 Å². The SMILES string of the molecule is CC(C)([NH])C1CCC1. The quantitative estimate of drug-likeness (QED) is 0.494. The summed E-state index contributed by atoms with van der Waals surface area (Å²) in [5.41, 5.74) is 7.43. The second-order valence-electron chi connectivity index (χ2n) is 3.35. The number of rotatable bonds is 1. The number of hydrogen-bond acceptors (Lipinski definition) is 0. The fourth-order valence-electron chi connectivity index (χ4n) is 1.13. The Hall–Kier alpha value is -0.0400. The smallest absolute Gasteiger partial charge is 0.0295 e. The van der Waals surface area contributed by atoms with Gasteiger partial charge in [0.1, 0.15) is 0 Å². The van der Waals surface area contributed by atoms with Crippen LogP contribution in [0.4, 0.5) is 0 Å². The molecule has 1 heteroatoms. The Balaban J connectivity index is 2.34. The van der Waals surface area contributed by atoms with Crippen molar-refractivity contribution in [3.8, 4) is 0 Å². The highest BCUT2D eigenvalue weighted by atomic mass is 14.7. The van der Waals surface area contributed by atoms with E-state index in [2.05, 4.69) is 0 Å². The minimum atomic E-state index is -0.155. The van der Waals surface area contributed by atoms with E-state index in [0.717, 1.165) is 0 Å². The third-order valence-corrected chi connectivity index (χ3v) is 2.13. The second-order valence-corrected chi connectivity index (χ2v) is 3.35. The molecule has 0 unspecified atom stereocenters. The standard InChI is InChI=1S/C7H14N/c1-7(2,8)6-4-3-5-6/h6,8H,3-5H2,1-2H3. The van der Waals surface area contributed by atoms with Gasteiger partial charge in [0.2, 0.25) is 0 Å². The maximum atomic E-state index is 7.59. The highest BCUT2D eigenvalue weighted by Crippen LogP contribution is 2.34. The molecular weight excluding hydrogens is 98.1 g/mol. The van der Waals surface area contributed by atoms with Gasteiger partial charge in [-0.3, -0.25) is 5.73 Å². The summed E-state index contributed by atoms with van der Waals surface area (Å²) in [6.45, 7) is 4.02. The van der Waals surface area contributed by atoms with Gasteiger partial charge in [-0.25, -0.2) is 0 Å². The highest BCUT2D eigenvalue weighted by Gasteiger charge is 2.30. The Bertz CT molecular complexity index is 76.9. The van der Waals surface area contributed by atoms with Crippen LogP contribution in [0.25, 0.3) is 0 Å². The molecule has 1 aliphatic rings. The van der Waals surface area contributed by atoms with E-state index in [-0.39, 0.29) is 5.54 Å². The van der Waals surface area contributed by atoms with Crippen LogP contribution in [0.1, 0.15) is 33.1 Å². The molecule has 1 radical (unpaired) electrons. The molecule has 0 aromatic rings. The molecule has 1 N–H and O–H groups in total. The lowest BCUT2D eigenvalue weighted by molar-refractivity contribution is 0.192. The fraction of sp³-hybridized carbons (Fsp3) is 1.00. The molecule has 0 aromatic heterocycles. The number of hydrogen-bond donors (Lipinski definition) is 0. The van der Waals surface area contributed by atoms with Crippen LogP contribution in [-0.2, 0) is 0 Å². The molecule has 1 fully saturated rings. The van der Waals surface area contributed by atoms with Gasteiger partial charge in [-0.05, 0) is 32.6 Å². The lowest BCUT2D eigenvalue weighted by Crippen LogP contribution is -2.36. The first-order chi connectivity index (χ1) is 3.61. The molecule has 0 amide bonds. The van der Waals surface area contributed by atoms with Crippen molar-refractivity contribution in [3.05, 3.63) is 0 Å². The van der Waals surface area contributed by atoms with Crippen molar-refractivity contribution >= 4 is 0 Å².